The molecule has 0 bridgehead atoms. The summed E-state index contributed by atoms with van der Waals surface area (Å²) in [7, 11) is 0. The molecule has 1 atom stereocenters. The summed E-state index contributed by atoms with van der Waals surface area (Å²) in [4.78, 5) is 14.3. The van der Waals surface area contributed by atoms with Gasteiger partial charge in [0.25, 0.3) is 0 Å². The van der Waals surface area contributed by atoms with Gasteiger partial charge in [-0.1, -0.05) is 24.3 Å². The second kappa shape index (κ2) is 5.11. The molecule has 0 saturated carbocycles. The van der Waals surface area contributed by atoms with Crippen LogP contribution in [0.5, 0.6) is 0 Å². The summed E-state index contributed by atoms with van der Waals surface area (Å²) in [5.41, 5.74) is 2.65. The minimum atomic E-state index is 0.218. The molecule has 1 aromatic rings. The first-order valence-electron chi connectivity index (χ1n) is 6.93. The van der Waals surface area contributed by atoms with Crippen LogP contribution in [0, 0.1) is 0 Å². The highest BCUT2D eigenvalue weighted by Gasteiger charge is 2.26. The van der Waals surface area contributed by atoms with Gasteiger partial charge in [0.05, 0.1) is 0 Å². The topological polar surface area (TPSA) is 32.3 Å². The molecule has 1 unspecified atom stereocenters. The fraction of sp³-hybridized carbons (Fsp3) is 0.533. The lowest BCUT2D eigenvalue weighted by atomic mass is 10.0. The first kappa shape index (κ1) is 11.7. The number of carbonyl (C=O) groups is 1. The van der Waals surface area contributed by atoms with E-state index in [2.05, 4.69) is 29.6 Å². The molecule has 0 radical (unpaired) electrons. The number of amides is 1. The summed E-state index contributed by atoms with van der Waals surface area (Å²) < 4.78 is 0. The summed E-state index contributed by atoms with van der Waals surface area (Å²) in [6.07, 6.45) is 4.21. The third-order valence-electron chi connectivity index (χ3n) is 4.06. The van der Waals surface area contributed by atoms with E-state index in [0.717, 1.165) is 19.6 Å². The zero-order valence-electron chi connectivity index (χ0n) is 10.7. The van der Waals surface area contributed by atoms with Crippen molar-refractivity contribution in [3.05, 3.63) is 35.4 Å². The minimum absolute atomic E-state index is 0.218. The lowest BCUT2D eigenvalue weighted by Crippen LogP contribution is -2.37. The molecular weight excluding hydrogens is 224 g/mol. The molecule has 96 valence electrons. The van der Waals surface area contributed by atoms with Crippen LogP contribution < -0.4 is 5.32 Å². The Morgan fingerprint density at radius 3 is 2.83 bits per heavy atom. The molecule has 2 aliphatic heterocycles. The van der Waals surface area contributed by atoms with E-state index in [1.54, 1.807) is 0 Å². The highest BCUT2D eigenvalue weighted by molar-refractivity contribution is 5.77. The Morgan fingerprint density at radius 2 is 2.00 bits per heavy atom. The van der Waals surface area contributed by atoms with Gasteiger partial charge in [-0.2, -0.15) is 0 Å². The fourth-order valence-corrected chi connectivity index (χ4v) is 3.01. The Hall–Kier alpha value is -1.35. The van der Waals surface area contributed by atoms with E-state index in [9.17, 15) is 4.79 Å². The number of likely N-dealkylation sites (tertiary alicyclic amines) is 1. The van der Waals surface area contributed by atoms with E-state index in [1.807, 2.05) is 4.90 Å². The van der Waals surface area contributed by atoms with E-state index >= 15 is 0 Å². The lowest BCUT2D eigenvalue weighted by Gasteiger charge is -2.28. The first-order valence-corrected chi connectivity index (χ1v) is 6.93. The maximum absolute atomic E-state index is 12.2. The second-order valence-corrected chi connectivity index (χ2v) is 5.28. The number of carbonyl (C=O) groups excluding carboxylic acids is 1. The third kappa shape index (κ3) is 2.27. The Kier molecular flexibility index (Phi) is 3.33. The van der Waals surface area contributed by atoms with Gasteiger partial charge < -0.3 is 10.2 Å². The maximum Gasteiger partial charge on any atom is 0.224 e. The van der Waals surface area contributed by atoms with Crippen LogP contribution in [0.2, 0.25) is 0 Å². The van der Waals surface area contributed by atoms with Crippen LogP contribution in [0.1, 0.15) is 42.9 Å². The molecule has 0 aliphatic carbocycles. The average Bonchev–Trinajstić information content (AvgIpc) is 2.83. The van der Waals surface area contributed by atoms with Gasteiger partial charge in [0.2, 0.25) is 5.91 Å². The molecule has 1 N–H and O–H groups in total. The van der Waals surface area contributed by atoms with Crippen LogP contribution in [-0.4, -0.2) is 23.9 Å². The van der Waals surface area contributed by atoms with Crippen molar-refractivity contribution < 1.29 is 4.79 Å². The van der Waals surface area contributed by atoms with Gasteiger partial charge in [-0.25, -0.2) is 0 Å². The van der Waals surface area contributed by atoms with Crippen LogP contribution in [-0.2, 0) is 11.3 Å². The highest BCUT2D eigenvalue weighted by atomic mass is 16.2. The summed E-state index contributed by atoms with van der Waals surface area (Å²) >= 11 is 0. The van der Waals surface area contributed by atoms with Crippen molar-refractivity contribution in [3.63, 3.8) is 0 Å². The standard InChI is InChI=1S/C15H20N2O/c18-15(17-8-4-1-5-9-17)10-14-13-7-3-2-6-12(13)11-16-14/h2-3,6-7,14,16H,1,4-5,8-11H2. The molecule has 1 fully saturated rings. The van der Waals surface area contributed by atoms with Crippen molar-refractivity contribution in [2.75, 3.05) is 13.1 Å². The molecule has 3 rings (SSSR count). The van der Waals surface area contributed by atoms with Crippen LogP contribution in [0.25, 0.3) is 0 Å². The van der Waals surface area contributed by atoms with Crippen molar-refractivity contribution in [2.45, 2.75) is 38.3 Å². The van der Waals surface area contributed by atoms with E-state index in [4.69, 9.17) is 0 Å². The SMILES string of the molecule is O=C(CC1NCc2ccccc21)N1CCCCC1. The van der Waals surface area contributed by atoms with Gasteiger partial charge in [0.1, 0.15) is 0 Å². The predicted octanol–water partition coefficient (Wildman–Crippen LogP) is 2.23. The van der Waals surface area contributed by atoms with Crippen LogP contribution in [0.4, 0.5) is 0 Å². The lowest BCUT2D eigenvalue weighted by molar-refractivity contribution is -0.132. The van der Waals surface area contributed by atoms with Crippen LogP contribution in [0.15, 0.2) is 24.3 Å². The normalized spacial score (nSPS) is 22.9. The molecule has 3 heteroatoms. The van der Waals surface area contributed by atoms with E-state index < -0.39 is 0 Å². The van der Waals surface area contributed by atoms with Gasteiger partial charge in [-0.15, -0.1) is 0 Å². The van der Waals surface area contributed by atoms with Gasteiger partial charge in [-0.3, -0.25) is 4.79 Å². The van der Waals surface area contributed by atoms with Gasteiger partial charge in [0.15, 0.2) is 0 Å². The molecule has 2 aliphatic rings. The van der Waals surface area contributed by atoms with Gasteiger partial charge >= 0.3 is 0 Å². The molecule has 0 aromatic heterocycles. The maximum atomic E-state index is 12.2. The number of nitrogens with zero attached hydrogens (tertiary/aromatic N) is 1. The molecule has 18 heavy (non-hydrogen) atoms. The molecule has 1 saturated heterocycles. The van der Waals surface area contributed by atoms with Crippen molar-refractivity contribution in [1.82, 2.24) is 10.2 Å². The minimum Gasteiger partial charge on any atom is -0.343 e. The van der Waals surface area contributed by atoms with Crippen LogP contribution >= 0.6 is 0 Å². The monoisotopic (exact) mass is 244 g/mol. The van der Waals surface area contributed by atoms with Crippen molar-refractivity contribution in [1.29, 1.82) is 0 Å². The number of fused-ring (bicyclic) bond motifs is 1. The Labute approximate surface area is 108 Å². The van der Waals surface area contributed by atoms with Gasteiger partial charge in [0, 0.05) is 32.1 Å². The van der Waals surface area contributed by atoms with Crippen molar-refractivity contribution in [3.8, 4) is 0 Å². The number of hydrogen-bond acceptors (Lipinski definition) is 2. The van der Waals surface area contributed by atoms with Crippen LogP contribution in [0.3, 0.4) is 0 Å². The number of rotatable bonds is 2. The molecule has 1 aromatic carbocycles. The van der Waals surface area contributed by atoms with E-state index in [0.29, 0.717) is 12.3 Å². The zero-order chi connectivity index (χ0) is 12.4. The number of benzene rings is 1. The first-order chi connectivity index (χ1) is 8.84. The molecule has 3 nitrogen and oxygen atoms in total. The van der Waals surface area contributed by atoms with E-state index in [1.165, 1.54) is 30.4 Å². The Balaban J connectivity index is 1.65. The van der Waals surface area contributed by atoms with Crippen molar-refractivity contribution in [2.24, 2.45) is 0 Å². The second-order valence-electron chi connectivity index (χ2n) is 5.28. The summed E-state index contributed by atoms with van der Waals surface area (Å²) in [6.45, 7) is 2.80. The molecule has 2 heterocycles. The Morgan fingerprint density at radius 1 is 1.22 bits per heavy atom. The molecule has 1 amide bonds. The largest absolute Gasteiger partial charge is 0.343 e. The highest BCUT2D eigenvalue weighted by Crippen LogP contribution is 2.28. The average molecular weight is 244 g/mol. The van der Waals surface area contributed by atoms with Crippen molar-refractivity contribution >= 4 is 5.91 Å². The number of piperidine rings is 1. The van der Waals surface area contributed by atoms with Gasteiger partial charge in [-0.05, 0) is 30.4 Å². The summed E-state index contributed by atoms with van der Waals surface area (Å²) in [6, 6.07) is 8.63. The predicted molar refractivity (Wildman–Crippen MR) is 71.1 cm³/mol. The smallest absolute Gasteiger partial charge is 0.224 e. The number of hydrogen-bond donors (Lipinski definition) is 1. The number of nitrogens with one attached hydrogen (secondary N) is 1. The summed E-state index contributed by atoms with van der Waals surface area (Å²) in [5, 5.41) is 3.44. The Bertz CT molecular complexity index is 438. The molecular formula is C15H20N2O. The summed E-state index contributed by atoms with van der Waals surface area (Å²) in [5.74, 6) is 0.309. The quantitative estimate of drug-likeness (QED) is 0.865. The molecule has 0 spiro atoms. The van der Waals surface area contributed by atoms with E-state index in [-0.39, 0.29) is 6.04 Å². The zero-order valence-corrected chi connectivity index (χ0v) is 10.7. The third-order valence-corrected chi connectivity index (χ3v) is 4.06. The fourth-order valence-electron chi connectivity index (χ4n) is 3.01.